The van der Waals surface area contributed by atoms with Gasteiger partial charge in [-0.15, -0.1) is 0 Å². The van der Waals surface area contributed by atoms with Crippen LogP contribution in [0.1, 0.15) is 61.5 Å². The minimum atomic E-state index is -3.57. The number of aromatic nitrogens is 1. The van der Waals surface area contributed by atoms with Crippen molar-refractivity contribution in [2.24, 2.45) is 4.99 Å². The van der Waals surface area contributed by atoms with Crippen LogP contribution in [0.4, 0.5) is 0 Å². The number of rotatable bonds is 9. The van der Waals surface area contributed by atoms with Crippen LogP contribution in [0, 0.1) is 13.8 Å². The maximum atomic E-state index is 12.9. The topological polar surface area (TPSA) is 71.7 Å². The summed E-state index contributed by atoms with van der Waals surface area (Å²) >= 11 is 1.50. The molecule has 3 rings (SSSR count). The first-order valence-corrected chi connectivity index (χ1v) is 13.8. The van der Waals surface area contributed by atoms with Gasteiger partial charge in [0.2, 0.25) is 10.0 Å². The van der Waals surface area contributed by atoms with Crippen molar-refractivity contribution in [1.82, 2.24) is 8.87 Å². The number of fused-ring (bicyclic) bond motifs is 1. The first-order chi connectivity index (χ1) is 15.7. The summed E-state index contributed by atoms with van der Waals surface area (Å²) in [5.41, 5.74) is 3.88. The summed E-state index contributed by atoms with van der Waals surface area (Å²) in [6.45, 7) is 11.8. The van der Waals surface area contributed by atoms with Crippen molar-refractivity contribution in [3.05, 3.63) is 57.9 Å². The normalized spacial score (nSPS) is 12.7. The highest BCUT2D eigenvalue weighted by Gasteiger charge is 2.22. The SMILES string of the molecule is CCCCN(CC)S(=O)(=O)c1ccc(C(=O)N=c2sc3cc(C)c(C)cc3n2CCC)cc1. The molecule has 0 aliphatic heterocycles. The fourth-order valence-corrected chi connectivity index (χ4v) is 6.32. The van der Waals surface area contributed by atoms with Gasteiger partial charge in [-0.1, -0.05) is 38.5 Å². The van der Waals surface area contributed by atoms with Gasteiger partial charge in [-0.05, 0) is 74.2 Å². The molecule has 3 aromatic rings. The number of aryl methyl sites for hydroxylation is 3. The Morgan fingerprint density at radius 3 is 2.30 bits per heavy atom. The maximum absolute atomic E-state index is 12.9. The van der Waals surface area contributed by atoms with Crippen LogP contribution in [0.3, 0.4) is 0 Å². The van der Waals surface area contributed by atoms with Gasteiger partial charge in [0.1, 0.15) is 0 Å². The average molecular weight is 488 g/mol. The zero-order valence-corrected chi connectivity index (χ0v) is 21.7. The van der Waals surface area contributed by atoms with Crippen LogP contribution in [-0.2, 0) is 16.6 Å². The van der Waals surface area contributed by atoms with Crippen molar-refractivity contribution < 1.29 is 13.2 Å². The van der Waals surface area contributed by atoms with Crippen molar-refractivity contribution in [2.45, 2.75) is 65.3 Å². The predicted octanol–water partition coefficient (Wildman–Crippen LogP) is 5.28. The number of carbonyl (C=O) groups is 1. The molecule has 0 spiro atoms. The van der Waals surface area contributed by atoms with E-state index < -0.39 is 10.0 Å². The number of benzene rings is 2. The quantitative estimate of drug-likeness (QED) is 0.412. The van der Waals surface area contributed by atoms with Gasteiger partial charge in [0, 0.05) is 25.2 Å². The maximum Gasteiger partial charge on any atom is 0.279 e. The molecule has 33 heavy (non-hydrogen) atoms. The molecule has 1 aromatic heterocycles. The van der Waals surface area contributed by atoms with Crippen molar-refractivity contribution in [3.63, 3.8) is 0 Å². The lowest BCUT2D eigenvalue weighted by atomic mass is 10.1. The van der Waals surface area contributed by atoms with E-state index in [1.54, 1.807) is 12.1 Å². The summed E-state index contributed by atoms with van der Waals surface area (Å²) < 4.78 is 30.5. The highest BCUT2D eigenvalue weighted by molar-refractivity contribution is 7.89. The number of hydrogen-bond donors (Lipinski definition) is 0. The molecule has 0 radical (unpaired) electrons. The summed E-state index contributed by atoms with van der Waals surface area (Å²) in [5, 5.41) is 0. The number of sulfonamides is 1. The van der Waals surface area contributed by atoms with E-state index in [1.807, 2.05) is 13.8 Å². The van der Waals surface area contributed by atoms with Crippen molar-refractivity contribution in [3.8, 4) is 0 Å². The molecule has 0 saturated heterocycles. The molecule has 2 aromatic carbocycles. The van der Waals surface area contributed by atoms with Crippen molar-refractivity contribution >= 4 is 37.5 Å². The lowest BCUT2D eigenvalue weighted by Gasteiger charge is -2.20. The molecular weight excluding hydrogens is 454 g/mol. The molecule has 0 atom stereocenters. The molecule has 0 bridgehead atoms. The Kier molecular flexibility index (Phi) is 8.26. The highest BCUT2D eigenvalue weighted by Crippen LogP contribution is 2.23. The van der Waals surface area contributed by atoms with Crippen molar-refractivity contribution in [2.75, 3.05) is 13.1 Å². The molecule has 178 valence electrons. The van der Waals surface area contributed by atoms with Gasteiger partial charge in [0.25, 0.3) is 5.91 Å². The Labute approximate surface area is 200 Å². The highest BCUT2D eigenvalue weighted by atomic mass is 32.2. The molecule has 1 amide bonds. The smallest absolute Gasteiger partial charge is 0.279 e. The third kappa shape index (κ3) is 5.45. The van der Waals surface area contributed by atoms with E-state index in [4.69, 9.17) is 0 Å². The molecule has 0 aliphatic rings. The fraction of sp³-hybridized carbons (Fsp3) is 0.440. The molecule has 6 nitrogen and oxygen atoms in total. The van der Waals surface area contributed by atoms with Gasteiger partial charge >= 0.3 is 0 Å². The van der Waals surface area contributed by atoms with Crippen LogP contribution < -0.4 is 4.80 Å². The third-order valence-corrected chi connectivity index (χ3v) is 8.83. The molecule has 0 unspecified atom stereocenters. The van der Waals surface area contributed by atoms with Crippen LogP contribution in [0.2, 0.25) is 0 Å². The van der Waals surface area contributed by atoms with E-state index in [0.717, 1.165) is 36.0 Å². The van der Waals surface area contributed by atoms with E-state index in [0.29, 0.717) is 23.5 Å². The Morgan fingerprint density at radius 2 is 1.70 bits per heavy atom. The van der Waals surface area contributed by atoms with Crippen LogP contribution in [0.15, 0.2) is 46.3 Å². The van der Waals surface area contributed by atoms with Gasteiger partial charge in [-0.25, -0.2) is 8.42 Å². The standard InChI is InChI=1S/C25H33N3O3S2/c1-6-9-15-27(8-3)33(30,31)21-12-10-20(11-13-21)24(29)26-25-28(14-7-2)22-16-18(4)19(5)17-23(22)32-25/h10-13,16-17H,6-9,14-15H2,1-5H3. The summed E-state index contributed by atoms with van der Waals surface area (Å²) in [6.07, 6.45) is 2.67. The minimum absolute atomic E-state index is 0.200. The molecule has 8 heteroatoms. The van der Waals surface area contributed by atoms with Crippen LogP contribution >= 0.6 is 11.3 Å². The van der Waals surface area contributed by atoms with Gasteiger partial charge in [-0.3, -0.25) is 4.79 Å². The number of unbranched alkanes of at least 4 members (excludes halogenated alkanes) is 1. The first-order valence-electron chi connectivity index (χ1n) is 11.5. The third-order valence-electron chi connectivity index (χ3n) is 5.80. The Balaban J connectivity index is 1.95. The average Bonchev–Trinajstić information content (AvgIpc) is 3.10. The van der Waals surface area contributed by atoms with Gasteiger partial charge < -0.3 is 4.57 Å². The predicted molar refractivity (Wildman–Crippen MR) is 135 cm³/mol. The Hall–Kier alpha value is -2.29. The van der Waals surface area contributed by atoms with E-state index in [1.165, 1.54) is 38.9 Å². The number of hydrogen-bond acceptors (Lipinski definition) is 4. The second-order valence-corrected chi connectivity index (χ2v) is 11.2. The van der Waals surface area contributed by atoms with Gasteiger partial charge in [0.15, 0.2) is 4.80 Å². The molecule has 0 aliphatic carbocycles. The fourth-order valence-electron chi connectivity index (χ4n) is 3.70. The van der Waals surface area contributed by atoms with Crippen LogP contribution in [0.25, 0.3) is 10.2 Å². The molecular formula is C25H33N3O3S2. The van der Waals surface area contributed by atoms with Gasteiger partial charge in [-0.2, -0.15) is 9.30 Å². The largest absolute Gasteiger partial charge is 0.316 e. The number of carbonyl (C=O) groups excluding carboxylic acids is 1. The summed E-state index contributed by atoms with van der Waals surface area (Å²) in [4.78, 5) is 18.2. The summed E-state index contributed by atoms with van der Waals surface area (Å²) in [5.74, 6) is -0.373. The Bertz CT molecular complexity index is 1300. The second kappa shape index (κ2) is 10.8. The second-order valence-electron chi connectivity index (χ2n) is 8.23. The van der Waals surface area contributed by atoms with E-state index in [9.17, 15) is 13.2 Å². The summed E-state index contributed by atoms with van der Waals surface area (Å²) in [7, 11) is -3.57. The molecule has 0 N–H and O–H groups in total. The van der Waals surface area contributed by atoms with E-state index in [2.05, 4.69) is 42.5 Å². The number of amides is 1. The molecule has 1 heterocycles. The minimum Gasteiger partial charge on any atom is -0.316 e. The monoisotopic (exact) mass is 487 g/mol. The zero-order chi connectivity index (χ0) is 24.2. The lowest BCUT2D eigenvalue weighted by molar-refractivity contribution is 0.0997. The lowest BCUT2D eigenvalue weighted by Crippen LogP contribution is -2.31. The number of nitrogens with zero attached hydrogens (tertiary/aromatic N) is 3. The van der Waals surface area contributed by atoms with Crippen molar-refractivity contribution in [1.29, 1.82) is 0 Å². The van der Waals surface area contributed by atoms with Crippen LogP contribution in [-0.4, -0.2) is 36.3 Å². The van der Waals surface area contributed by atoms with Gasteiger partial charge in [0.05, 0.1) is 15.1 Å². The number of thiazole rings is 1. The Morgan fingerprint density at radius 1 is 1.03 bits per heavy atom. The zero-order valence-electron chi connectivity index (χ0n) is 20.1. The van der Waals surface area contributed by atoms with E-state index >= 15 is 0 Å². The van der Waals surface area contributed by atoms with E-state index in [-0.39, 0.29) is 10.8 Å². The molecule has 0 saturated carbocycles. The molecule has 0 fully saturated rings. The summed E-state index contributed by atoms with van der Waals surface area (Å²) in [6, 6.07) is 10.4. The first kappa shape index (κ1) is 25.3. The van der Waals surface area contributed by atoms with Crippen LogP contribution in [0.5, 0.6) is 0 Å².